The average molecular weight is 466 g/mol. The molecule has 170 valence electrons. The van der Waals surface area contributed by atoms with Gasteiger partial charge in [0.25, 0.3) is 5.56 Å². The number of amides is 1. The maximum Gasteiger partial charge on any atom is 0.263 e. The van der Waals surface area contributed by atoms with Crippen LogP contribution in [0.4, 0.5) is 5.69 Å². The van der Waals surface area contributed by atoms with Crippen molar-refractivity contribution in [2.24, 2.45) is 0 Å². The second-order valence-electron chi connectivity index (χ2n) is 7.25. The number of rotatable bonds is 7. The summed E-state index contributed by atoms with van der Waals surface area (Å²) in [4.78, 5) is 31.3. The Balaban J connectivity index is 1.69. The smallest absolute Gasteiger partial charge is 0.263 e. The molecule has 2 aromatic heterocycles. The van der Waals surface area contributed by atoms with E-state index in [0.717, 1.165) is 11.1 Å². The lowest BCUT2D eigenvalue weighted by Gasteiger charge is -2.15. The third-order valence-corrected chi connectivity index (χ3v) is 6.25. The van der Waals surface area contributed by atoms with Crippen molar-refractivity contribution < 1.29 is 19.0 Å². The van der Waals surface area contributed by atoms with Crippen LogP contribution >= 0.6 is 11.3 Å². The van der Waals surface area contributed by atoms with Crippen molar-refractivity contribution in [1.29, 1.82) is 0 Å². The van der Waals surface area contributed by atoms with Gasteiger partial charge in [0.15, 0.2) is 11.5 Å². The molecule has 1 N–H and O–H groups in total. The van der Waals surface area contributed by atoms with E-state index in [1.165, 1.54) is 22.2 Å². The Morgan fingerprint density at radius 1 is 1.03 bits per heavy atom. The van der Waals surface area contributed by atoms with Crippen molar-refractivity contribution in [3.8, 4) is 28.4 Å². The van der Waals surface area contributed by atoms with Gasteiger partial charge < -0.3 is 19.5 Å². The zero-order valence-electron chi connectivity index (χ0n) is 18.6. The lowest BCUT2D eigenvalue weighted by Crippen LogP contribution is -2.31. The molecule has 0 saturated heterocycles. The molecule has 0 saturated carbocycles. The number of methoxy groups -OCH3 is 3. The van der Waals surface area contributed by atoms with Crippen molar-refractivity contribution in [3.05, 3.63) is 64.5 Å². The van der Waals surface area contributed by atoms with Crippen LogP contribution in [-0.2, 0) is 4.79 Å². The molecular weight excluding hydrogens is 442 g/mol. The highest BCUT2D eigenvalue weighted by atomic mass is 32.1. The Labute approximate surface area is 194 Å². The van der Waals surface area contributed by atoms with E-state index >= 15 is 0 Å². The standard InChI is InChI=1S/C24H23N3O5S/c1-14(22(28)26-16-6-8-17(30-2)9-7-16)27-13-25-23-21(24(27)29)18(12-33-23)15-5-10-19(31-3)20(11-15)32-4/h5-14H,1-4H3,(H,26,28). The molecule has 0 aliphatic carbocycles. The number of thiophene rings is 1. The van der Waals surface area contributed by atoms with Crippen LogP contribution < -0.4 is 25.1 Å². The number of carbonyl (C=O) groups excluding carboxylic acids is 1. The van der Waals surface area contributed by atoms with Gasteiger partial charge in [0.1, 0.15) is 16.6 Å². The molecule has 8 nitrogen and oxygen atoms in total. The lowest BCUT2D eigenvalue weighted by molar-refractivity contribution is -0.118. The number of fused-ring (bicyclic) bond motifs is 1. The maximum absolute atomic E-state index is 13.4. The molecule has 0 radical (unpaired) electrons. The van der Waals surface area contributed by atoms with Gasteiger partial charge in [-0.05, 0) is 48.9 Å². The molecule has 1 amide bonds. The number of aromatic nitrogens is 2. The Hall–Kier alpha value is -3.85. The number of nitrogens with zero attached hydrogens (tertiary/aromatic N) is 2. The average Bonchev–Trinajstić information content (AvgIpc) is 3.29. The number of hydrogen-bond donors (Lipinski definition) is 1. The quantitative estimate of drug-likeness (QED) is 0.436. The van der Waals surface area contributed by atoms with Crippen LogP contribution in [0.5, 0.6) is 17.2 Å². The normalized spacial score (nSPS) is 11.8. The Morgan fingerprint density at radius 2 is 1.76 bits per heavy atom. The topological polar surface area (TPSA) is 91.7 Å². The number of benzene rings is 2. The van der Waals surface area contributed by atoms with Crippen molar-refractivity contribution >= 4 is 33.1 Å². The van der Waals surface area contributed by atoms with E-state index in [-0.39, 0.29) is 11.5 Å². The summed E-state index contributed by atoms with van der Waals surface area (Å²) in [6.45, 7) is 1.66. The van der Waals surface area contributed by atoms with Gasteiger partial charge in [-0.3, -0.25) is 14.2 Å². The van der Waals surface area contributed by atoms with Gasteiger partial charge in [0.2, 0.25) is 5.91 Å². The highest BCUT2D eigenvalue weighted by Gasteiger charge is 2.21. The van der Waals surface area contributed by atoms with Crippen molar-refractivity contribution in [2.45, 2.75) is 13.0 Å². The zero-order valence-corrected chi connectivity index (χ0v) is 19.4. The SMILES string of the molecule is COc1ccc(NC(=O)C(C)n2cnc3scc(-c4ccc(OC)c(OC)c4)c3c2=O)cc1. The zero-order chi connectivity index (χ0) is 23.5. The Morgan fingerprint density at radius 3 is 2.42 bits per heavy atom. The molecule has 4 rings (SSSR count). The Kier molecular flexibility index (Phi) is 6.32. The van der Waals surface area contributed by atoms with Gasteiger partial charge in [-0.25, -0.2) is 4.98 Å². The first-order valence-corrected chi connectivity index (χ1v) is 11.0. The first kappa shape index (κ1) is 22.3. The third-order valence-electron chi connectivity index (χ3n) is 5.37. The molecule has 0 bridgehead atoms. The second-order valence-corrected chi connectivity index (χ2v) is 8.11. The van der Waals surface area contributed by atoms with Crippen LogP contribution in [-0.4, -0.2) is 36.8 Å². The summed E-state index contributed by atoms with van der Waals surface area (Å²) in [5, 5.41) is 5.16. The monoisotopic (exact) mass is 465 g/mol. The number of hydrogen-bond acceptors (Lipinski definition) is 7. The second kappa shape index (κ2) is 9.33. The fourth-order valence-corrected chi connectivity index (χ4v) is 4.39. The molecule has 4 aromatic rings. The van der Waals surface area contributed by atoms with E-state index in [4.69, 9.17) is 14.2 Å². The fraction of sp³-hybridized carbons (Fsp3) is 0.208. The largest absolute Gasteiger partial charge is 0.497 e. The van der Waals surface area contributed by atoms with E-state index in [1.807, 2.05) is 17.5 Å². The molecule has 0 fully saturated rings. The van der Waals surface area contributed by atoms with E-state index < -0.39 is 6.04 Å². The molecule has 0 aliphatic heterocycles. The lowest BCUT2D eigenvalue weighted by atomic mass is 10.1. The highest BCUT2D eigenvalue weighted by molar-refractivity contribution is 7.17. The summed E-state index contributed by atoms with van der Waals surface area (Å²) in [6, 6.07) is 11.7. The summed E-state index contributed by atoms with van der Waals surface area (Å²) < 4.78 is 17.2. The molecular formula is C24H23N3O5S. The minimum absolute atomic E-state index is 0.289. The molecule has 0 spiro atoms. The minimum Gasteiger partial charge on any atom is -0.497 e. The molecule has 1 atom stereocenters. The summed E-state index contributed by atoms with van der Waals surface area (Å²) >= 11 is 1.37. The van der Waals surface area contributed by atoms with Gasteiger partial charge in [0, 0.05) is 16.6 Å². The van der Waals surface area contributed by atoms with Crippen LogP contribution in [0.3, 0.4) is 0 Å². The number of ether oxygens (including phenoxy) is 3. The van der Waals surface area contributed by atoms with Crippen molar-refractivity contribution in [1.82, 2.24) is 9.55 Å². The molecule has 33 heavy (non-hydrogen) atoms. The third kappa shape index (κ3) is 4.27. The van der Waals surface area contributed by atoms with Crippen LogP contribution in [0.15, 0.2) is 59.0 Å². The van der Waals surface area contributed by atoms with Crippen molar-refractivity contribution in [3.63, 3.8) is 0 Å². The summed E-state index contributed by atoms with van der Waals surface area (Å²) in [6.07, 6.45) is 1.41. The van der Waals surface area contributed by atoms with E-state index in [2.05, 4.69) is 10.3 Å². The predicted molar refractivity (Wildman–Crippen MR) is 129 cm³/mol. The molecule has 9 heteroatoms. The fourth-order valence-electron chi connectivity index (χ4n) is 3.49. The molecule has 1 unspecified atom stereocenters. The van der Waals surface area contributed by atoms with E-state index in [9.17, 15) is 9.59 Å². The van der Waals surface area contributed by atoms with Crippen molar-refractivity contribution in [2.75, 3.05) is 26.6 Å². The first-order valence-electron chi connectivity index (χ1n) is 10.1. The number of anilines is 1. The summed E-state index contributed by atoms with van der Waals surface area (Å²) in [5.41, 5.74) is 1.84. The molecule has 2 heterocycles. The first-order chi connectivity index (χ1) is 16.0. The Bertz CT molecular complexity index is 1360. The van der Waals surface area contributed by atoms with Gasteiger partial charge in [0.05, 0.1) is 33.0 Å². The van der Waals surface area contributed by atoms with E-state index in [0.29, 0.717) is 33.2 Å². The van der Waals surface area contributed by atoms with Crippen LogP contribution in [0.1, 0.15) is 13.0 Å². The van der Waals surface area contributed by atoms with Crippen LogP contribution in [0, 0.1) is 0 Å². The van der Waals surface area contributed by atoms with Gasteiger partial charge in [-0.1, -0.05) is 6.07 Å². The molecule has 2 aromatic carbocycles. The molecule has 0 aliphatic rings. The highest BCUT2D eigenvalue weighted by Crippen LogP contribution is 2.36. The predicted octanol–water partition coefficient (Wildman–Crippen LogP) is 4.35. The minimum atomic E-state index is -0.769. The van der Waals surface area contributed by atoms with Crippen LogP contribution in [0.25, 0.3) is 21.3 Å². The summed E-state index contributed by atoms with van der Waals surface area (Å²) in [7, 11) is 4.70. The van der Waals surface area contributed by atoms with E-state index in [1.54, 1.807) is 58.6 Å². The summed E-state index contributed by atoms with van der Waals surface area (Å²) in [5.74, 6) is 1.52. The maximum atomic E-state index is 13.4. The number of nitrogens with one attached hydrogen (secondary N) is 1. The van der Waals surface area contributed by atoms with Gasteiger partial charge in [-0.15, -0.1) is 11.3 Å². The van der Waals surface area contributed by atoms with Gasteiger partial charge in [-0.2, -0.15) is 0 Å². The number of carbonyl (C=O) groups is 1. The van der Waals surface area contributed by atoms with Gasteiger partial charge >= 0.3 is 0 Å². The van der Waals surface area contributed by atoms with Crippen LogP contribution in [0.2, 0.25) is 0 Å².